The monoisotopic (exact) mass is 276 g/mol. The molecule has 20 heavy (non-hydrogen) atoms. The van der Waals surface area contributed by atoms with Gasteiger partial charge in [0.25, 0.3) is 0 Å². The lowest BCUT2D eigenvalue weighted by atomic mass is 10.1. The van der Waals surface area contributed by atoms with Crippen molar-refractivity contribution in [2.24, 2.45) is 0 Å². The first-order valence-electron chi connectivity index (χ1n) is 7.34. The fraction of sp³-hybridized carbons (Fsp3) is 0.562. The van der Waals surface area contributed by atoms with Gasteiger partial charge < -0.3 is 15.4 Å². The first kappa shape index (κ1) is 14.9. The predicted octanol–water partition coefficient (Wildman–Crippen LogP) is 2.40. The quantitative estimate of drug-likeness (QED) is 0.804. The van der Waals surface area contributed by atoms with Crippen LogP contribution in [-0.2, 0) is 4.79 Å². The molecule has 4 nitrogen and oxygen atoms in total. The minimum atomic E-state index is 0.0825. The summed E-state index contributed by atoms with van der Waals surface area (Å²) < 4.78 is 5.61. The van der Waals surface area contributed by atoms with Gasteiger partial charge in [0.15, 0.2) is 0 Å². The Kier molecular flexibility index (Phi) is 5.01. The maximum atomic E-state index is 11.6. The maximum Gasteiger partial charge on any atom is 0.234 e. The van der Waals surface area contributed by atoms with E-state index in [1.54, 1.807) is 0 Å². The molecule has 1 atom stereocenters. The zero-order chi connectivity index (χ0) is 14.5. The van der Waals surface area contributed by atoms with E-state index >= 15 is 0 Å². The van der Waals surface area contributed by atoms with Gasteiger partial charge in [-0.1, -0.05) is 12.1 Å². The molecule has 1 aromatic carbocycles. The summed E-state index contributed by atoms with van der Waals surface area (Å²) in [6, 6.07) is 8.58. The minimum absolute atomic E-state index is 0.0825. The Hall–Kier alpha value is -1.55. The van der Waals surface area contributed by atoms with E-state index in [1.807, 2.05) is 38.1 Å². The van der Waals surface area contributed by atoms with E-state index in [0.29, 0.717) is 12.6 Å². The van der Waals surface area contributed by atoms with Gasteiger partial charge in [-0.3, -0.25) is 4.79 Å². The second-order valence-electron chi connectivity index (χ2n) is 5.68. The predicted molar refractivity (Wildman–Crippen MR) is 79.8 cm³/mol. The van der Waals surface area contributed by atoms with E-state index in [-0.39, 0.29) is 18.1 Å². The number of ether oxygens (including phenoxy) is 1. The molecule has 110 valence electrons. The number of benzene rings is 1. The lowest BCUT2D eigenvalue weighted by Gasteiger charge is -2.15. The van der Waals surface area contributed by atoms with E-state index in [4.69, 9.17) is 4.74 Å². The molecule has 0 saturated heterocycles. The average molecular weight is 276 g/mol. The summed E-state index contributed by atoms with van der Waals surface area (Å²) in [5.41, 5.74) is 1.15. The minimum Gasteiger partial charge on any atom is -0.491 e. The Morgan fingerprint density at radius 2 is 1.90 bits per heavy atom. The molecule has 1 aliphatic carbocycles. The molecule has 4 heteroatoms. The average Bonchev–Trinajstić information content (AvgIpc) is 3.20. The number of carbonyl (C=O) groups is 1. The molecular weight excluding hydrogens is 252 g/mol. The fourth-order valence-electron chi connectivity index (χ4n) is 1.98. The van der Waals surface area contributed by atoms with Crippen molar-refractivity contribution in [2.75, 3.05) is 6.54 Å². The Balaban J connectivity index is 1.78. The molecule has 1 aliphatic rings. The second-order valence-corrected chi connectivity index (χ2v) is 5.68. The van der Waals surface area contributed by atoms with Crippen LogP contribution in [0.2, 0.25) is 0 Å². The third kappa shape index (κ3) is 4.85. The van der Waals surface area contributed by atoms with Crippen LogP contribution in [-0.4, -0.2) is 24.6 Å². The van der Waals surface area contributed by atoms with Crippen molar-refractivity contribution in [3.8, 4) is 5.75 Å². The van der Waals surface area contributed by atoms with Crippen LogP contribution in [0.5, 0.6) is 5.75 Å². The Bertz CT molecular complexity index is 438. The molecule has 0 bridgehead atoms. The van der Waals surface area contributed by atoms with Gasteiger partial charge in [-0.2, -0.15) is 0 Å². The molecule has 0 aromatic heterocycles. The highest BCUT2D eigenvalue weighted by atomic mass is 16.5. The molecule has 2 N–H and O–H groups in total. The third-order valence-electron chi connectivity index (χ3n) is 3.26. The zero-order valence-corrected chi connectivity index (χ0v) is 12.5. The summed E-state index contributed by atoms with van der Waals surface area (Å²) >= 11 is 0. The van der Waals surface area contributed by atoms with Crippen molar-refractivity contribution >= 4 is 5.91 Å². The van der Waals surface area contributed by atoms with Gasteiger partial charge in [0.2, 0.25) is 5.91 Å². The van der Waals surface area contributed by atoms with Crippen molar-refractivity contribution in [1.29, 1.82) is 0 Å². The second kappa shape index (κ2) is 6.75. The van der Waals surface area contributed by atoms with Crippen LogP contribution in [0.15, 0.2) is 24.3 Å². The van der Waals surface area contributed by atoms with Gasteiger partial charge in [-0.25, -0.2) is 0 Å². The Morgan fingerprint density at radius 3 is 2.45 bits per heavy atom. The molecule has 1 unspecified atom stereocenters. The lowest BCUT2D eigenvalue weighted by molar-refractivity contribution is -0.120. The molecule has 0 heterocycles. The van der Waals surface area contributed by atoms with Crippen molar-refractivity contribution in [2.45, 2.75) is 51.8 Å². The highest BCUT2D eigenvalue weighted by molar-refractivity contribution is 5.78. The molecule has 0 spiro atoms. The lowest BCUT2D eigenvalue weighted by Crippen LogP contribution is -2.36. The molecule has 0 aliphatic heterocycles. The van der Waals surface area contributed by atoms with E-state index in [2.05, 4.69) is 17.6 Å². The first-order chi connectivity index (χ1) is 9.54. The van der Waals surface area contributed by atoms with Crippen LogP contribution in [0.3, 0.4) is 0 Å². The highest BCUT2D eigenvalue weighted by Crippen LogP contribution is 2.19. The normalized spacial score (nSPS) is 16.0. The van der Waals surface area contributed by atoms with Crippen molar-refractivity contribution in [3.63, 3.8) is 0 Å². The fourth-order valence-corrected chi connectivity index (χ4v) is 1.98. The summed E-state index contributed by atoms with van der Waals surface area (Å²) in [7, 11) is 0. The van der Waals surface area contributed by atoms with Crippen LogP contribution in [0.1, 0.15) is 45.2 Å². The molecule has 1 amide bonds. The van der Waals surface area contributed by atoms with E-state index in [1.165, 1.54) is 0 Å². The van der Waals surface area contributed by atoms with Crippen molar-refractivity contribution in [1.82, 2.24) is 10.6 Å². The Labute approximate surface area is 120 Å². The van der Waals surface area contributed by atoms with E-state index in [9.17, 15) is 4.79 Å². The molecule has 1 aromatic rings. The van der Waals surface area contributed by atoms with Crippen molar-refractivity contribution < 1.29 is 9.53 Å². The zero-order valence-electron chi connectivity index (χ0n) is 12.5. The first-order valence-corrected chi connectivity index (χ1v) is 7.34. The number of carbonyl (C=O) groups excluding carboxylic acids is 1. The molecule has 0 radical (unpaired) electrons. The third-order valence-corrected chi connectivity index (χ3v) is 3.26. The molecule has 1 fully saturated rings. The molecule has 2 rings (SSSR count). The summed E-state index contributed by atoms with van der Waals surface area (Å²) in [5, 5.41) is 6.21. The topological polar surface area (TPSA) is 50.4 Å². The van der Waals surface area contributed by atoms with E-state index in [0.717, 1.165) is 24.2 Å². The van der Waals surface area contributed by atoms with Crippen LogP contribution in [0, 0.1) is 0 Å². The number of hydrogen-bond donors (Lipinski definition) is 2. The number of hydrogen-bond acceptors (Lipinski definition) is 3. The van der Waals surface area contributed by atoms with Crippen LogP contribution in [0.4, 0.5) is 0 Å². The standard InChI is InChI=1S/C16H24N2O2/c1-11(2)20-15-8-4-13(5-9-15)12(3)17-10-16(19)18-14-6-7-14/h4-5,8-9,11-12,14,17H,6-7,10H2,1-3H3,(H,18,19). The smallest absolute Gasteiger partial charge is 0.234 e. The molecule has 1 saturated carbocycles. The van der Waals surface area contributed by atoms with Crippen LogP contribution in [0.25, 0.3) is 0 Å². The summed E-state index contributed by atoms with van der Waals surface area (Å²) in [5.74, 6) is 0.960. The maximum absolute atomic E-state index is 11.6. The van der Waals surface area contributed by atoms with Crippen molar-refractivity contribution in [3.05, 3.63) is 29.8 Å². The van der Waals surface area contributed by atoms with E-state index < -0.39 is 0 Å². The summed E-state index contributed by atoms with van der Waals surface area (Å²) in [6.45, 7) is 6.44. The van der Waals surface area contributed by atoms with Gasteiger partial charge in [0, 0.05) is 12.1 Å². The van der Waals surface area contributed by atoms with Gasteiger partial charge >= 0.3 is 0 Å². The van der Waals surface area contributed by atoms with Gasteiger partial charge in [0.05, 0.1) is 12.6 Å². The largest absolute Gasteiger partial charge is 0.491 e. The SMILES string of the molecule is CC(C)Oc1ccc(C(C)NCC(=O)NC2CC2)cc1. The van der Waals surface area contributed by atoms with Gasteiger partial charge in [-0.15, -0.1) is 0 Å². The summed E-state index contributed by atoms with van der Waals surface area (Å²) in [6.07, 6.45) is 2.43. The molecular formula is C16H24N2O2. The summed E-state index contributed by atoms with van der Waals surface area (Å²) in [4.78, 5) is 11.6. The number of rotatable bonds is 7. The highest BCUT2D eigenvalue weighted by Gasteiger charge is 2.23. The van der Waals surface area contributed by atoms with Crippen LogP contribution >= 0.6 is 0 Å². The van der Waals surface area contributed by atoms with Gasteiger partial charge in [0.1, 0.15) is 5.75 Å². The van der Waals surface area contributed by atoms with Crippen LogP contribution < -0.4 is 15.4 Å². The number of amides is 1. The Morgan fingerprint density at radius 1 is 1.25 bits per heavy atom. The van der Waals surface area contributed by atoms with Gasteiger partial charge in [-0.05, 0) is 51.3 Å². The number of nitrogens with one attached hydrogen (secondary N) is 2.